The first-order valence-corrected chi connectivity index (χ1v) is 9.35. The number of carbonyl (C=O) groups is 1. The fourth-order valence-corrected chi connectivity index (χ4v) is 3.30. The van der Waals surface area contributed by atoms with E-state index in [0.717, 1.165) is 50.5 Å². The molecule has 26 heavy (non-hydrogen) atoms. The van der Waals surface area contributed by atoms with Crippen molar-refractivity contribution in [1.29, 1.82) is 0 Å². The van der Waals surface area contributed by atoms with Crippen LogP contribution in [-0.2, 0) is 16.1 Å². The van der Waals surface area contributed by atoms with E-state index in [-0.39, 0.29) is 5.91 Å². The van der Waals surface area contributed by atoms with Crippen molar-refractivity contribution in [1.82, 2.24) is 24.5 Å². The zero-order valence-electron chi connectivity index (χ0n) is 15.2. The zero-order chi connectivity index (χ0) is 18.4. The number of carbonyl (C=O) groups excluding carboxylic acids is 1. The quantitative estimate of drug-likeness (QED) is 0.700. The van der Waals surface area contributed by atoms with Crippen molar-refractivity contribution in [3.8, 4) is 0 Å². The fraction of sp³-hybridized carbons (Fsp3) is 0.556. The second-order valence-corrected chi connectivity index (χ2v) is 7.03. The molecule has 8 heteroatoms. The third kappa shape index (κ3) is 5.41. The number of imidazole rings is 1. The van der Waals surface area contributed by atoms with E-state index in [9.17, 15) is 4.79 Å². The molecule has 0 saturated carbocycles. The summed E-state index contributed by atoms with van der Waals surface area (Å²) in [5, 5.41) is 3.64. The average Bonchev–Trinajstić information content (AvgIpc) is 3.02. The predicted molar refractivity (Wildman–Crippen MR) is 101 cm³/mol. The van der Waals surface area contributed by atoms with Gasteiger partial charge in [-0.1, -0.05) is 11.6 Å². The Labute approximate surface area is 158 Å². The summed E-state index contributed by atoms with van der Waals surface area (Å²) in [7, 11) is 1.67. The predicted octanol–water partition coefficient (Wildman–Crippen LogP) is 1.26. The summed E-state index contributed by atoms with van der Waals surface area (Å²) in [5.41, 5.74) is 1.95. The van der Waals surface area contributed by atoms with E-state index in [0.29, 0.717) is 24.7 Å². The molecule has 1 fully saturated rings. The van der Waals surface area contributed by atoms with Crippen molar-refractivity contribution in [2.45, 2.75) is 13.0 Å². The Bertz CT molecular complexity index is 727. The summed E-state index contributed by atoms with van der Waals surface area (Å²) < 4.78 is 6.94. The molecule has 1 amide bonds. The van der Waals surface area contributed by atoms with Gasteiger partial charge in [0, 0.05) is 65.4 Å². The Hall–Kier alpha value is -1.67. The molecule has 0 aromatic carbocycles. The molecule has 3 rings (SSSR count). The molecule has 142 valence electrons. The van der Waals surface area contributed by atoms with Crippen LogP contribution < -0.4 is 5.32 Å². The minimum Gasteiger partial charge on any atom is -0.385 e. The van der Waals surface area contributed by atoms with E-state index in [1.165, 1.54) is 0 Å². The van der Waals surface area contributed by atoms with Crippen LogP contribution >= 0.6 is 11.6 Å². The molecule has 1 aliphatic rings. The molecule has 1 aliphatic heterocycles. The third-order valence-electron chi connectivity index (χ3n) is 4.53. The topological polar surface area (TPSA) is 62.1 Å². The number of piperazine rings is 1. The van der Waals surface area contributed by atoms with Crippen molar-refractivity contribution in [2.75, 3.05) is 53.0 Å². The minimum atomic E-state index is 0.0896. The Morgan fingerprint density at radius 1 is 1.23 bits per heavy atom. The molecule has 0 spiro atoms. The second-order valence-electron chi connectivity index (χ2n) is 6.59. The van der Waals surface area contributed by atoms with Gasteiger partial charge >= 0.3 is 0 Å². The van der Waals surface area contributed by atoms with Crippen LogP contribution in [-0.4, -0.2) is 78.1 Å². The molecular formula is C18H26ClN5O2. The van der Waals surface area contributed by atoms with Gasteiger partial charge in [-0.3, -0.25) is 14.6 Å². The van der Waals surface area contributed by atoms with Gasteiger partial charge in [0.25, 0.3) is 0 Å². The molecule has 0 radical (unpaired) electrons. The lowest BCUT2D eigenvalue weighted by Crippen LogP contribution is -2.49. The molecule has 0 bridgehead atoms. The van der Waals surface area contributed by atoms with Crippen molar-refractivity contribution < 1.29 is 9.53 Å². The van der Waals surface area contributed by atoms with Crippen molar-refractivity contribution in [3.63, 3.8) is 0 Å². The summed E-state index contributed by atoms with van der Waals surface area (Å²) in [6.07, 6.45) is 4.75. The van der Waals surface area contributed by atoms with Gasteiger partial charge < -0.3 is 14.5 Å². The van der Waals surface area contributed by atoms with Gasteiger partial charge in [-0.05, 0) is 18.6 Å². The van der Waals surface area contributed by atoms with E-state index in [2.05, 4.69) is 20.1 Å². The summed E-state index contributed by atoms with van der Waals surface area (Å²) in [5.74, 6) is 0.0896. The number of fused-ring (bicyclic) bond motifs is 1. The Balaban J connectivity index is 1.41. The Morgan fingerprint density at radius 3 is 2.77 bits per heavy atom. The highest BCUT2D eigenvalue weighted by Gasteiger charge is 2.19. The lowest BCUT2D eigenvalue weighted by atomic mass is 10.3. The first-order chi connectivity index (χ1) is 12.6. The van der Waals surface area contributed by atoms with E-state index >= 15 is 0 Å². The number of methoxy groups -OCH3 is 1. The van der Waals surface area contributed by atoms with Gasteiger partial charge in [0.05, 0.1) is 17.3 Å². The van der Waals surface area contributed by atoms with Crippen LogP contribution in [0.3, 0.4) is 0 Å². The molecule has 7 nitrogen and oxygen atoms in total. The highest BCUT2D eigenvalue weighted by Crippen LogP contribution is 2.13. The van der Waals surface area contributed by atoms with Crippen molar-refractivity contribution in [2.24, 2.45) is 0 Å². The van der Waals surface area contributed by atoms with E-state index in [1.807, 2.05) is 28.9 Å². The van der Waals surface area contributed by atoms with E-state index < -0.39 is 0 Å². The first-order valence-electron chi connectivity index (χ1n) is 8.97. The number of rotatable bonds is 8. The molecule has 3 heterocycles. The molecule has 1 N–H and O–H groups in total. The fourth-order valence-electron chi connectivity index (χ4n) is 3.13. The van der Waals surface area contributed by atoms with E-state index in [4.69, 9.17) is 16.3 Å². The maximum absolute atomic E-state index is 11.9. The summed E-state index contributed by atoms with van der Waals surface area (Å²) in [4.78, 5) is 21.2. The number of amides is 1. The standard InChI is InChI=1S/C18H26ClN5O2/c1-26-10-2-5-20-18(25)14-23-8-6-22(7-9-23)12-16-13-24-11-15(19)3-4-17(24)21-16/h3-4,11,13H,2,5-10,12,14H2,1H3,(H,20,25). The normalized spacial score (nSPS) is 16.2. The molecule has 2 aromatic rings. The van der Waals surface area contributed by atoms with Crippen LogP contribution in [0.15, 0.2) is 24.5 Å². The number of ether oxygens (including phenoxy) is 1. The number of hydrogen-bond acceptors (Lipinski definition) is 5. The van der Waals surface area contributed by atoms with Crippen LogP contribution in [0.4, 0.5) is 0 Å². The molecule has 2 aromatic heterocycles. The summed E-state index contributed by atoms with van der Waals surface area (Å²) >= 11 is 6.02. The van der Waals surface area contributed by atoms with Crippen LogP contribution in [0.1, 0.15) is 12.1 Å². The lowest BCUT2D eigenvalue weighted by Gasteiger charge is -2.33. The van der Waals surface area contributed by atoms with Gasteiger partial charge in [0.15, 0.2) is 0 Å². The highest BCUT2D eigenvalue weighted by molar-refractivity contribution is 6.30. The average molecular weight is 380 g/mol. The largest absolute Gasteiger partial charge is 0.385 e. The SMILES string of the molecule is COCCCNC(=O)CN1CCN(Cc2cn3cc(Cl)ccc3n2)CC1. The minimum absolute atomic E-state index is 0.0896. The number of nitrogens with zero attached hydrogens (tertiary/aromatic N) is 4. The third-order valence-corrected chi connectivity index (χ3v) is 4.75. The van der Waals surface area contributed by atoms with Gasteiger partial charge in [-0.2, -0.15) is 0 Å². The molecule has 1 saturated heterocycles. The number of nitrogens with one attached hydrogen (secondary N) is 1. The number of halogens is 1. The molecular weight excluding hydrogens is 354 g/mol. The Kier molecular flexibility index (Phi) is 6.85. The van der Waals surface area contributed by atoms with E-state index in [1.54, 1.807) is 7.11 Å². The molecule has 0 atom stereocenters. The van der Waals surface area contributed by atoms with Gasteiger partial charge in [-0.15, -0.1) is 0 Å². The van der Waals surface area contributed by atoms with Gasteiger partial charge in [-0.25, -0.2) is 4.98 Å². The maximum atomic E-state index is 11.9. The van der Waals surface area contributed by atoms with Crippen LogP contribution in [0.5, 0.6) is 0 Å². The Morgan fingerprint density at radius 2 is 2.00 bits per heavy atom. The van der Waals surface area contributed by atoms with Crippen molar-refractivity contribution >= 4 is 23.2 Å². The number of aromatic nitrogens is 2. The smallest absolute Gasteiger partial charge is 0.234 e. The van der Waals surface area contributed by atoms with Gasteiger partial charge in [0.1, 0.15) is 5.65 Å². The van der Waals surface area contributed by atoms with Crippen LogP contribution in [0.25, 0.3) is 5.65 Å². The monoisotopic (exact) mass is 379 g/mol. The zero-order valence-corrected chi connectivity index (χ0v) is 15.9. The van der Waals surface area contributed by atoms with Crippen LogP contribution in [0, 0.1) is 0 Å². The highest BCUT2D eigenvalue weighted by atomic mass is 35.5. The molecule has 0 unspecified atom stereocenters. The van der Waals surface area contributed by atoms with Crippen molar-refractivity contribution in [3.05, 3.63) is 35.2 Å². The first kappa shape index (κ1) is 19.1. The number of hydrogen-bond donors (Lipinski definition) is 1. The van der Waals surface area contributed by atoms with Gasteiger partial charge in [0.2, 0.25) is 5.91 Å². The lowest BCUT2D eigenvalue weighted by molar-refractivity contribution is -0.122. The van der Waals surface area contributed by atoms with Crippen LogP contribution in [0.2, 0.25) is 5.02 Å². The summed E-state index contributed by atoms with van der Waals surface area (Å²) in [6.45, 7) is 6.29. The molecule has 0 aliphatic carbocycles. The number of pyridine rings is 1. The maximum Gasteiger partial charge on any atom is 0.234 e. The second kappa shape index (κ2) is 9.32. The summed E-state index contributed by atoms with van der Waals surface area (Å²) in [6, 6.07) is 3.78.